The number of nitrogens with one attached hydrogen (secondary N) is 1. The third-order valence-electron chi connectivity index (χ3n) is 5.27. The van der Waals surface area contributed by atoms with Crippen LogP contribution in [-0.4, -0.2) is 58.1 Å². The molecule has 3 N–H and O–H groups in total. The van der Waals surface area contributed by atoms with Gasteiger partial charge in [-0.15, -0.1) is 0 Å². The van der Waals surface area contributed by atoms with Crippen LogP contribution in [0.2, 0.25) is 0 Å². The van der Waals surface area contributed by atoms with Gasteiger partial charge in [-0.25, -0.2) is 13.1 Å². The van der Waals surface area contributed by atoms with E-state index in [1.807, 2.05) is 0 Å². The number of nitrogens with two attached hydrogens (primary N) is 1. The number of likely N-dealkylation sites (tertiary alicyclic amines) is 1. The van der Waals surface area contributed by atoms with Crippen molar-refractivity contribution in [1.29, 1.82) is 0 Å². The molecule has 0 saturated carbocycles. The molecule has 0 radical (unpaired) electrons. The summed E-state index contributed by atoms with van der Waals surface area (Å²) in [4.78, 5) is 14.6. The lowest BCUT2D eigenvalue weighted by Crippen LogP contribution is -2.34. The number of carbonyl (C=O) groups is 1. The molecule has 1 aromatic rings. The monoisotopic (exact) mass is 381 g/mol. The number of carbonyl (C=O) groups excluding carboxylic acids is 1. The van der Waals surface area contributed by atoms with Crippen molar-refractivity contribution in [3.05, 3.63) is 29.8 Å². The molecule has 0 spiro atoms. The Kier molecular flexibility index (Phi) is 5.67. The lowest BCUT2D eigenvalue weighted by Gasteiger charge is -2.22. The molecule has 2 aliphatic rings. The van der Waals surface area contributed by atoms with Crippen LogP contribution in [0.5, 0.6) is 0 Å². The molecule has 1 amide bonds. The molecule has 2 heterocycles. The van der Waals surface area contributed by atoms with Crippen LogP contribution in [0.1, 0.15) is 36.5 Å². The van der Waals surface area contributed by atoms with Crippen LogP contribution in [-0.2, 0) is 14.8 Å². The summed E-state index contributed by atoms with van der Waals surface area (Å²) in [7, 11) is -3.60. The zero-order valence-corrected chi connectivity index (χ0v) is 15.9. The highest BCUT2D eigenvalue weighted by Crippen LogP contribution is 2.29. The Labute approximate surface area is 154 Å². The molecule has 0 aromatic heterocycles. The normalized spacial score (nSPS) is 26.4. The maximum Gasteiger partial charge on any atom is 0.253 e. The molecular weight excluding hydrogens is 354 g/mol. The average molecular weight is 381 g/mol. The molecule has 7 nitrogen and oxygen atoms in total. The Bertz CT molecular complexity index is 744. The maximum absolute atomic E-state index is 12.6. The second kappa shape index (κ2) is 7.64. The number of hydrogen-bond acceptors (Lipinski definition) is 5. The van der Waals surface area contributed by atoms with Crippen LogP contribution < -0.4 is 10.5 Å². The number of amides is 1. The number of nitrogens with zero attached hydrogens (tertiary/aromatic N) is 1. The Balaban J connectivity index is 1.63. The summed E-state index contributed by atoms with van der Waals surface area (Å²) in [6.07, 6.45) is 2.66. The van der Waals surface area contributed by atoms with E-state index in [1.165, 1.54) is 12.1 Å². The lowest BCUT2D eigenvalue weighted by molar-refractivity contribution is 0.0777. The summed E-state index contributed by atoms with van der Waals surface area (Å²) in [5.74, 6) is -0.0848. The van der Waals surface area contributed by atoms with Crippen LogP contribution in [0.25, 0.3) is 0 Å². The predicted octanol–water partition coefficient (Wildman–Crippen LogP) is 0.955. The number of sulfonamides is 1. The highest BCUT2D eigenvalue weighted by atomic mass is 32.2. The Morgan fingerprint density at radius 1 is 1.38 bits per heavy atom. The van der Waals surface area contributed by atoms with Crippen molar-refractivity contribution in [2.45, 2.75) is 37.2 Å². The van der Waals surface area contributed by atoms with E-state index >= 15 is 0 Å². The van der Waals surface area contributed by atoms with Gasteiger partial charge in [0.2, 0.25) is 10.0 Å². The SMILES string of the molecule is CC1(CN)CCN(C(=O)c2ccc(S(=O)(=O)NCC3CCCO3)cc2)C1. The van der Waals surface area contributed by atoms with Gasteiger partial charge in [-0.05, 0) is 55.5 Å². The molecule has 2 fully saturated rings. The number of hydrogen-bond donors (Lipinski definition) is 2. The van der Waals surface area contributed by atoms with E-state index in [0.717, 1.165) is 19.3 Å². The maximum atomic E-state index is 12.6. The van der Waals surface area contributed by atoms with Crippen LogP contribution >= 0.6 is 0 Å². The molecule has 144 valence electrons. The largest absolute Gasteiger partial charge is 0.377 e. The smallest absolute Gasteiger partial charge is 0.253 e. The predicted molar refractivity (Wildman–Crippen MR) is 98.3 cm³/mol. The second-order valence-corrected chi connectivity index (χ2v) is 9.27. The molecule has 2 saturated heterocycles. The minimum absolute atomic E-state index is 0.0365. The zero-order valence-electron chi connectivity index (χ0n) is 15.1. The molecule has 1 aromatic carbocycles. The molecule has 2 unspecified atom stereocenters. The number of rotatable bonds is 6. The van der Waals surface area contributed by atoms with Crippen LogP contribution in [0, 0.1) is 5.41 Å². The summed E-state index contributed by atoms with van der Waals surface area (Å²) in [5, 5.41) is 0. The first kappa shape index (κ1) is 19.3. The summed E-state index contributed by atoms with van der Waals surface area (Å²) in [5.41, 5.74) is 6.24. The van der Waals surface area contributed by atoms with Gasteiger partial charge < -0.3 is 15.4 Å². The number of benzene rings is 1. The van der Waals surface area contributed by atoms with E-state index in [4.69, 9.17) is 10.5 Å². The third kappa shape index (κ3) is 4.25. The Morgan fingerprint density at radius 2 is 2.12 bits per heavy atom. The summed E-state index contributed by atoms with van der Waals surface area (Å²) < 4.78 is 32.8. The van der Waals surface area contributed by atoms with Gasteiger partial charge in [0.15, 0.2) is 0 Å². The molecular formula is C18H27N3O4S. The van der Waals surface area contributed by atoms with Crippen LogP contribution in [0.15, 0.2) is 29.2 Å². The molecule has 0 bridgehead atoms. The first-order chi connectivity index (χ1) is 12.3. The topological polar surface area (TPSA) is 102 Å². The van der Waals surface area contributed by atoms with Crippen molar-refractivity contribution in [2.75, 3.05) is 32.8 Å². The highest BCUT2D eigenvalue weighted by molar-refractivity contribution is 7.89. The van der Waals surface area contributed by atoms with Crippen molar-refractivity contribution in [3.63, 3.8) is 0 Å². The van der Waals surface area contributed by atoms with Gasteiger partial charge in [0.25, 0.3) is 5.91 Å². The fourth-order valence-corrected chi connectivity index (χ4v) is 4.48. The van der Waals surface area contributed by atoms with Crippen molar-refractivity contribution in [2.24, 2.45) is 11.1 Å². The Morgan fingerprint density at radius 3 is 2.69 bits per heavy atom. The van der Waals surface area contributed by atoms with Gasteiger partial charge in [-0.1, -0.05) is 6.92 Å². The van der Waals surface area contributed by atoms with E-state index in [-0.39, 0.29) is 28.9 Å². The van der Waals surface area contributed by atoms with E-state index in [0.29, 0.717) is 31.8 Å². The van der Waals surface area contributed by atoms with Gasteiger partial charge in [0, 0.05) is 31.8 Å². The third-order valence-corrected chi connectivity index (χ3v) is 6.71. The molecule has 2 atom stereocenters. The molecule has 26 heavy (non-hydrogen) atoms. The van der Waals surface area contributed by atoms with E-state index in [1.54, 1.807) is 17.0 Å². The minimum Gasteiger partial charge on any atom is -0.377 e. The molecule has 2 aliphatic heterocycles. The summed E-state index contributed by atoms with van der Waals surface area (Å²) in [6, 6.07) is 6.09. The van der Waals surface area contributed by atoms with Crippen molar-refractivity contribution >= 4 is 15.9 Å². The van der Waals surface area contributed by atoms with Crippen LogP contribution in [0.4, 0.5) is 0 Å². The van der Waals surface area contributed by atoms with Gasteiger partial charge in [-0.3, -0.25) is 4.79 Å². The molecule has 3 rings (SSSR count). The van der Waals surface area contributed by atoms with E-state index in [2.05, 4.69) is 11.6 Å². The van der Waals surface area contributed by atoms with Crippen molar-refractivity contribution in [3.8, 4) is 0 Å². The van der Waals surface area contributed by atoms with Crippen molar-refractivity contribution < 1.29 is 17.9 Å². The van der Waals surface area contributed by atoms with Gasteiger partial charge >= 0.3 is 0 Å². The first-order valence-corrected chi connectivity index (χ1v) is 10.5. The van der Waals surface area contributed by atoms with Gasteiger partial charge in [-0.2, -0.15) is 0 Å². The quantitative estimate of drug-likeness (QED) is 0.764. The first-order valence-electron chi connectivity index (χ1n) is 9.04. The zero-order chi connectivity index (χ0) is 18.8. The molecule has 8 heteroatoms. The number of ether oxygens (including phenoxy) is 1. The van der Waals surface area contributed by atoms with E-state index < -0.39 is 10.0 Å². The average Bonchev–Trinajstić information content (AvgIpc) is 3.30. The standard InChI is InChI=1S/C18H27N3O4S/c1-18(12-19)8-9-21(13-18)17(22)14-4-6-16(7-5-14)26(23,24)20-11-15-3-2-10-25-15/h4-7,15,20H,2-3,8-13,19H2,1H3. The van der Waals surface area contributed by atoms with E-state index in [9.17, 15) is 13.2 Å². The van der Waals surface area contributed by atoms with Gasteiger partial charge in [0.05, 0.1) is 11.0 Å². The lowest BCUT2D eigenvalue weighted by atomic mass is 9.90. The Hall–Kier alpha value is -1.48. The van der Waals surface area contributed by atoms with Crippen LogP contribution in [0.3, 0.4) is 0 Å². The second-order valence-electron chi connectivity index (χ2n) is 7.50. The summed E-state index contributed by atoms with van der Waals surface area (Å²) >= 11 is 0. The van der Waals surface area contributed by atoms with Crippen molar-refractivity contribution in [1.82, 2.24) is 9.62 Å². The highest BCUT2D eigenvalue weighted by Gasteiger charge is 2.35. The minimum atomic E-state index is -3.60. The fraction of sp³-hybridized carbons (Fsp3) is 0.611. The fourth-order valence-electron chi connectivity index (χ4n) is 3.41. The van der Waals surface area contributed by atoms with Gasteiger partial charge in [0.1, 0.15) is 0 Å². The molecule has 0 aliphatic carbocycles. The summed E-state index contributed by atoms with van der Waals surface area (Å²) in [6.45, 7) is 4.89.